The van der Waals surface area contributed by atoms with Gasteiger partial charge in [-0.15, -0.1) is 0 Å². The van der Waals surface area contributed by atoms with Gasteiger partial charge in [0.2, 0.25) is 0 Å². The first-order valence-electron chi connectivity index (χ1n) is 5.92. The standard InChI is InChI=1S/C13H15N3O2S2/c1-9-15-12(20-16-9)19-8-13(14,11(17)18-2)10-6-4-3-5-7-10/h3-7H,8,14H2,1-2H3. The van der Waals surface area contributed by atoms with Crippen molar-refractivity contribution in [2.75, 3.05) is 12.9 Å². The molecule has 0 aliphatic heterocycles. The topological polar surface area (TPSA) is 78.1 Å². The van der Waals surface area contributed by atoms with Gasteiger partial charge in [0.1, 0.15) is 11.4 Å². The van der Waals surface area contributed by atoms with Gasteiger partial charge in [-0.3, -0.25) is 0 Å². The number of benzene rings is 1. The molecule has 106 valence electrons. The molecule has 0 aliphatic rings. The van der Waals surface area contributed by atoms with Crippen LogP contribution in [0.2, 0.25) is 0 Å². The van der Waals surface area contributed by atoms with Crippen LogP contribution in [-0.2, 0) is 15.1 Å². The Balaban J connectivity index is 2.22. The predicted molar refractivity (Wildman–Crippen MR) is 79.7 cm³/mol. The van der Waals surface area contributed by atoms with E-state index >= 15 is 0 Å². The fourth-order valence-electron chi connectivity index (χ4n) is 1.69. The molecule has 0 saturated carbocycles. The molecule has 20 heavy (non-hydrogen) atoms. The quantitative estimate of drug-likeness (QED) is 0.672. The molecular formula is C13H15N3O2S2. The van der Waals surface area contributed by atoms with Crippen molar-refractivity contribution in [3.8, 4) is 0 Å². The van der Waals surface area contributed by atoms with Gasteiger partial charge in [-0.25, -0.2) is 9.78 Å². The molecule has 1 aromatic heterocycles. The Labute approximate surface area is 125 Å². The number of aromatic nitrogens is 2. The van der Waals surface area contributed by atoms with Crippen LogP contribution < -0.4 is 5.73 Å². The first-order chi connectivity index (χ1) is 9.56. The molecule has 0 amide bonds. The highest BCUT2D eigenvalue weighted by atomic mass is 32.2. The number of rotatable bonds is 5. The molecule has 5 nitrogen and oxygen atoms in total. The summed E-state index contributed by atoms with van der Waals surface area (Å²) in [4.78, 5) is 16.3. The van der Waals surface area contributed by atoms with Gasteiger partial charge in [0, 0.05) is 5.75 Å². The average Bonchev–Trinajstić information content (AvgIpc) is 2.90. The monoisotopic (exact) mass is 309 g/mol. The van der Waals surface area contributed by atoms with Crippen LogP contribution >= 0.6 is 23.3 Å². The summed E-state index contributed by atoms with van der Waals surface area (Å²) in [5.74, 6) is 0.605. The molecule has 1 aromatic carbocycles. The number of carbonyl (C=O) groups excluding carboxylic acids is 1. The first kappa shape index (κ1) is 15.0. The van der Waals surface area contributed by atoms with Crippen LogP contribution in [0.4, 0.5) is 0 Å². The number of aryl methyl sites for hydroxylation is 1. The third-order valence-corrected chi connectivity index (χ3v) is 4.89. The highest BCUT2D eigenvalue weighted by Crippen LogP contribution is 2.29. The number of nitrogens with two attached hydrogens (primary N) is 1. The molecule has 1 atom stereocenters. The van der Waals surface area contributed by atoms with Crippen molar-refractivity contribution in [2.45, 2.75) is 16.8 Å². The SMILES string of the molecule is COC(=O)C(N)(CSc1nc(C)ns1)c1ccccc1. The zero-order valence-corrected chi connectivity index (χ0v) is 12.8. The average molecular weight is 309 g/mol. The summed E-state index contributed by atoms with van der Waals surface area (Å²) in [6, 6.07) is 9.22. The second-order valence-electron chi connectivity index (χ2n) is 4.23. The zero-order chi connectivity index (χ0) is 14.6. The third kappa shape index (κ3) is 3.17. The summed E-state index contributed by atoms with van der Waals surface area (Å²) >= 11 is 2.70. The minimum Gasteiger partial charge on any atom is -0.467 e. The zero-order valence-electron chi connectivity index (χ0n) is 11.2. The molecule has 0 bridgehead atoms. The fourth-order valence-corrected chi connectivity index (χ4v) is 3.45. The molecule has 0 fully saturated rings. The Hall–Kier alpha value is -1.44. The second kappa shape index (κ2) is 6.34. The summed E-state index contributed by atoms with van der Waals surface area (Å²) in [6.07, 6.45) is 0. The first-order valence-corrected chi connectivity index (χ1v) is 7.68. The number of hydrogen-bond donors (Lipinski definition) is 1. The molecule has 2 aromatic rings. The number of esters is 1. The van der Waals surface area contributed by atoms with Crippen molar-refractivity contribution in [3.63, 3.8) is 0 Å². The van der Waals surface area contributed by atoms with E-state index < -0.39 is 11.5 Å². The largest absolute Gasteiger partial charge is 0.467 e. The molecule has 7 heteroatoms. The van der Waals surface area contributed by atoms with Crippen LogP contribution in [0.1, 0.15) is 11.4 Å². The van der Waals surface area contributed by atoms with Crippen molar-refractivity contribution < 1.29 is 9.53 Å². The Bertz CT molecular complexity index is 588. The summed E-state index contributed by atoms with van der Waals surface area (Å²) in [5, 5.41) is 0. The second-order valence-corrected chi connectivity index (χ2v) is 6.20. The Kier molecular flexibility index (Phi) is 4.74. The fraction of sp³-hybridized carbons (Fsp3) is 0.308. The van der Waals surface area contributed by atoms with Crippen LogP contribution in [0.3, 0.4) is 0 Å². The van der Waals surface area contributed by atoms with Gasteiger partial charge in [0.15, 0.2) is 4.34 Å². The van der Waals surface area contributed by atoms with Crippen molar-refractivity contribution in [3.05, 3.63) is 41.7 Å². The van der Waals surface area contributed by atoms with Gasteiger partial charge in [0.05, 0.1) is 7.11 Å². The van der Waals surface area contributed by atoms with E-state index in [-0.39, 0.29) is 0 Å². The maximum Gasteiger partial charge on any atom is 0.331 e. The Morgan fingerprint density at radius 3 is 2.70 bits per heavy atom. The number of hydrogen-bond acceptors (Lipinski definition) is 7. The smallest absolute Gasteiger partial charge is 0.331 e. The lowest BCUT2D eigenvalue weighted by Crippen LogP contribution is -2.48. The number of methoxy groups -OCH3 is 1. The lowest BCUT2D eigenvalue weighted by Gasteiger charge is -2.26. The molecule has 0 saturated heterocycles. The normalized spacial score (nSPS) is 13.8. The van der Waals surface area contributed by atoms with Gasteiger partial charge in [-0.05, 0) is 24.0 Å². The number of nitrogens with zero attached hydrogens (tertiary/aromatic N) is 2. The van der Waals surface area contributed by atoms with Gasteiger partial charge in [-0.2, -0.15) is 4.37 Å². The van der Waals surface area contributed by atoms with E-state index in [0.29, 0.717) is 5.75 Å². The lowest BCUT2D eigenvalue weighted by atomic mass is 9.93. The van der Waals surface area contributed by atoms with Gasteiger partial charge >= 0.3 is 5.97 Å². The minimum absolute atomic E-state index is 0.346. The third-order valence-electron chi connectivity index (χ3n) is 2.77. The predicted octanol–water partition coefficient (Wildman–Crippen LogP) is 1.97. The summed E-state index contributed by atoms with van der Waals surface area (Å²) in [5.41, 5.74) is 5.82. The van der Waals surface area contributed by atoms with E-state index in [1.165, 1.54) is 30.4 Å². The lowest BCUT2D eigenvalue weighted by molar-refractivity contribution is -0.146. The van der Waals surface area contributed by atoms with Crippen molar-refractivity contribution in [1.29, 1.82) is 0 Å². The number of thioether (sulfide) groups is 1. The highest BCUT2D eigenvalue weighted by molar-refractivity contribution is 8.01. The maximum atomic E-state index is 12.1. The van der Waals surface area contributed by atoms with Crippen molar-refractivity contribution in [1.82, 2.24) is 9.36 Å². The Morgan fingerprint density at radius 1 is 1.45 bits per heavy atom. The van der Waals surface area contributed by atoms with Crippen LogP contribution in [0.5, 0.6) is 0 Å². The van der Waals surface area contributed by atoms with E-state index in [1.54, 1.807) is 0 Å². The molecule has 0 spiro atoms. The van der Waals surface area contributed by atoms with Crippen LogP contribution in [0.15, 0.2) is 34.7 Å². The van der Waals surface area contributed by atoms with E-state index in [1.807, 2.05) is 37.3 Å². The molecule has 2 rings (SSSR count). The van der Waals surface area contributed by atoms with Crippen LogP contribution in [0.25, 0.3) is 0 Å². The molecule has 1 unspecified atom stereocenters. The van der Waals surface area contributed by atoms with Crippen molar-refractivity contribution in [2.24, 2.45) is 5.73 Å². The summed E-state index contributed by atoms with van der Waals surface area (Å²) in [7, 11) is 1.34. The van der Waals surface area contributed by atoms with E-state index in [4.69, 9.17) is 10.5 Å². The molecule has 1 heterocycles. The minimum atomic E-state index is -1.19. The maximum absolute atomic E-state index is 12.1. The van der Waals surface area contributed by atoms with Crippen LogP contribution in [0, 0.1) is 6.92 Å². The van der Waals surface area contributed by atoms with E-state index in [9.17, 15) is 4.79 Å². The van der Waals surface area contributed by atoms with Crippen LogP contribution in [-0.4, -0.2) is 28.2 Å². The van der Waals surface area contributed by atoms with E-state index in [0.717, 1.165) is 15.7 Å². The summed E-state index contributed by atoms with van der Waals surface area (Å²) < 4.78 is 9.75. The summed E-state index contributed by atoms with van der Waals surface area (Å²) in [6.45, 7) is 1.83. The molecule has 2 N–H and O–H groups in total. The number of carbonyl (C=O) groups is 1. The van der Waals surface area contributed by atoms with Gasteiger partial charge in [-0.1, -0.05) is 42.1 Å². The Morgan fingerprint density at radius 2 is 2.15 bits per heavy atom. The highest BCUT2D eigenvalue weighted by Gasteiger charge is 2.37. The van der Waals surface area contributed by atoms with Gasteiger partial charge in [0.25, 0.3) is 0 Å². The molecule has 0 radical (unpaired) electrons. The van der Waals surface area contributed by atoms with Crippen molar-refractivity contribution >= 4 is 29.3 Å². The van der Waals surface area contributed by atoms with E-state index in [2.05, 4.69) is 9.36 Å². The molecule has 0 aliphatic carbocycles. The van der Waals surface area contributed by atoms with Gasteiger partial charge < -0.3 is 10.5 Å². The number of ether oxygens (including phenoxy) is 1. The molecular weight excluding hydrogens is 294 g/mol.